The molecule has 4 N–H and O–H groups in total. The zero-order chi connectivity index (χ0) is 16.1. The molecule has 0 bridgehead atoms. The summed E-state index contributed by atoms with van der Waals surface area (Å²) in [4.78, 5) is 23.4. The van der Waals surface area contributed by atoms with E-state index in [0.717, 1.165) is 18.2 Å². The average molecular weight is 305 g/mol. The maximum atomic E-state index is 13.6. The number of benzene rings is 2. The van der Waals surface area contributed by atoms with E-state index in [9.17, 15) is 18.4 Å². The highest BCUT2D eigenvalue weighted by molar-refractivity contribution is 6.07. The van der Waals surface area contributed by atoms with Crippen LogP contribution in [0.5, 0.6) is 0 Å². The molecule has 2 rings (SSSR count). The summed E-state index contributed by atoms with van der Waals surface area (Å²) in [5, 5.41) is 4.78. The molecule has 0 aromatic heterocycles. The molecule has 2 aromatic rings. The van der Waals surface area contributed by atoms with Crippen LogP contribution in [0.4, 0.5) is 20.2 Å². The summed E-state index contributed by atoms with van der Waals surface area (Å²) < 4.78 is 26.8. The van der Waals surface area contributed by atoms with Crippen molar-refractivity contribution in [2.75, 3.05) is 17.2 Å². The molecule has 0 spiro atoms. The molecule has 5 nitrogen and oxygen atoms in total. The van der Waals surface area contributed by atoms with Gasteiger partial charge in [-0.3, -0.25) is 9.59 Å². The largest absolute Gasteiger partial charge is 0.323 e. The predicted molar refractivity (Wildman–Crippen MR) is 78.4 cm³/mol. The first-order valence-electron chi connectivity index (χ1n) is 6.36. The number of nitrogens with two attached hydrogens (primary N) is 1. The third-order valence-electron chi connectivity index (χ3n) is 2.81. The topological polar surface area (TPSA) is 84.2 Å². The average Bonchev–Trinajstić information content (AvgIpc) is 2.50. The highest BCUT2D eigenvalue weighted by Crippen LogP contribution is 2.23. The number of hydrogen-bond donors (Lipinski definition) is 3. The van der Waals surface area contributed by atoms with Gasteiger partial charge in [0.1, 0.15) is 11.6 Å². The first kappa shape index (κ1) is 15.6. The van der Waals surface area contributed by atoms with E-state index in [1.807, 2.05) is 0 Å². The lowest BCUT2D eigenvalue weighted by molar-refractivity contribution is -0.114. The Morgan fingerprint density at radius 3 is 2.41 bits per heavy atom. The molecule has 22 heavy (non-hydrogen) atoms. The third-order valence-corrected chi connectivity index (χ3v) is 2.81. The van der Waals surface area contributed by atoms with Crippen molar-refractivity contribution in [1.29, 1.82) is 0 Å². The molecule has 7 heteroatoms. The van der Waals surface area contributed by atoms with Gasteiger partial charge in [-0.25, -0.2) is 8.78 Å². The molecule has 0 fully saturated rings. The number of carbonyl (C=O) groups is 2. The summed E-state index contributed by atoms with van der Waals surface area (Å²) in [7, 11) is 0. The van der Waals surface area contributed by atoms with Gasteiger partial charge < -0.3 is 16.4 Å². The van der Waals surface area contributed by atoms with Gasteiger partial charge in [0, 0.05) is 0 Å². The van der Waals surface area contributed by atoms with Crippen molar-refractivity contribution in [3.05, 3.63) is 59.7 Å². The van der Waals surface area contributed by atoms with Gasteiger partial charge in [0.2, 0.25) is 5.91 Å². The molecule has 0 unspecified atom stereocenters. The number of halogens is 2. The Balaban J connectivity index is 2.27. The zero-order valence-corrected chi connectivity index (χ0v) is 11.4. The van der Waals surface area contributed by atoms with E-state index in [0.29, 0.717) is 0 Å². The minimum atomic E-state index is -0.715. The van der Waals surface area contributed by atoms with Crippen LogP contribution in [0.25, 0.3) is 0 Å². The van der Waals surface area contributed by atoms with E-state index in [-0.39, 0.29) is 23.5 Å². The smallest absolute Gasteiger partial charge is 0.258 e. The monoisotopic (exact) mass is 305 g/mol. The molecule has 2 aromatic carbocycles. The zero-order valence-electron chi connectivity index (χ0n) is 11.4. The first-order valence-corrected chi connectivity index (χ1v) is 6.36. The third kappa shape index (κ3) is 3.64. The summed E-state index contributed by atoms with van der Waals surface area (Å²) >= 11 is 0. The van der Waals surface area contributed by atoms with E-state index in [1.54, 1.807) is 0 Å². The van der Waals surface area contributed by atoms with E-state index >= 15 is 0 Å². The van der Waals surface area contributed by atoms with Gasteiger partial charge in [0.05, 0.1) is 23.5 Å². The minimum Gasteiger partial charge on any atom is -0.323 e. The van der Waals surface area contributed by atoms with Crippen LogP contribution >= 0.6 is 0 Å². The Hall–Kier alpha value is -2.80. The second-order valence-corrected chi connectivity index (χ2v) is 4.38. The summed E-state index contributed by atoms with van der Waals surface area (Å²) in [5.74, 6) is -2.55. The molecule has 0 radical (unpaired) electrons. The number of hydrogen-bond acceptors (Lipinski definition) is 3. The minimum absolute atomic E-state index is 0.0418. The molecular weight excluding hydrogens is 292 g/mol. The summed E-state index contributed by atoms with van der Waals surface area (Å²) in [6, 6.07) is 8.83. The quantitative estimate of drug-likeness (QED) is 0.809. The van der Waals surface area contributed by atoms with Crippen LogP contribution in [0.3, 0.4) is 0 Å². The van der Waals surface area contributed by atoms with Crippen LogP contribution in [0.15, 0.2) is 42.5 Å². The fourth-order valence-electron chi connectivity index (χ4n) is 1.77. The van der Waals surface area contributed by atoms with E-state index in [1.165, 1.54) is 24.3 Å². The van der Waals surface area contributed by atoms with E-state index in [4.69, 9.17) is 5.73 Å². The molecular formula is C15H13F2N3O2. The summed E-state index contributed by atoms with van der Waals surface area (Å²) in [6.45, 7) is -0.294. The normalized spacial score (nSPS) is 10.1. The molecule has 0 saturated heterocycles. The van der Waals surface area contributed by atoms with Crippen molar-refractivity contribution >= 4 is 23.2 Å². The second-order valence-electron chi connectivity index (χ2n) is 4.38. The molecule has 0 saturated carbocycles. The fraction of sp³-hybridized carbons (Fsp3) is 0.0667. The molecule has 114 valence electrons. The van der Waals surface area contributed by atoms with Crippen LogP contribution in [0.2, 0.25) is 0 Å². The lowest BCUT2D eigenvalue weighted by atomic mass is 10.2. The highest BCUT2D eigenvalue weighted by Gasteiger charge is 2.14. The lowest BCUT2D eigenvalue weighted by Gasteiger charge is -2.12. The van der Waals surface area contributed by atoms with Gasteiger partial charge >= 0.3 is 0 Å². The van der Waals surface area contributed by atoms with Crippen molar-refractivity contribution in [2.24, 2.45) is 5.73 Å². The molecule has 0 atom stereocenters. The number of rotatable bonds is 4. The van der Waals surface area contributed by atoms with Crippen LogP contribution in [0, 0.1) is 11.6 Å². The molecule has 0 aliphatic carbocycles. The summed E-state index contributed by atoms with van der Waals surface area (Å²) in [5.41, 5.74) is 5.19. The Labute approximate surface area is 125 Å². The number of anilines is 2. The Morgan fingerprint density at radius 1 is 1.00 bits per heavy atom. The van der Waals surface area contributed by atoms with Gasteiger partial charge in [-0.1, -0.05) is 12.1 Å². The van der Waals surface area contributed by atoms with Crippen molar-refractivity contribution in [3.63, 3.8) is 0 Å². The number of nitrogens with one attached hydrogen (secondary N) is 2. The van der Waals surface area contributed by atoms with Crippen LogP contribution in [-0.2, 0) is 4.79 Å². The fourth-order valence-corrected chi connectivity index (χ4v) is 1.77. The number of carbonyl (C=O) groups excluding carboxylic acids is 2. The number of amides is 2. The molecule has 0 aliphatic heterocycles. The molecule has 0 aliphatic rings. The maximum absolute atomic E-state index is 13.6. The predicted octanol–water partition coefficient (Wildman–Crippen LogP) is 2.11. The van der Waals surface area contributed by atoms with Crippen molar-refractivity contribution in [2.45, 2.75) is 0 Å². The molecule has 0 heterocycles. The SMILES string of the molecule is NCC(=O)Nc1cc(F)ccc1NC(=O)c1ccccc1F. The van der Waals surface area contributed by atoms with Gasteiger partial charge in [0.15, 0.2) is 0 Å². The lowest BCUT2D eigenvalue weighted by Crippen LogP contribution is -2.23. The Morgan fingerprint density at radius 2 is 1.73 bits per heavy atom. The van der Waals surface area contributed by atoms with Crippen LogP contribution < -0.4 is 16.4 Å². The second kappa shape index (κ2) is 6.77. The van der Waals surface area contributed by atoms with Crippen molar-refractivity contribution in [3.8, 4) is 0 Å². The molecule has 2 amide bonds. The van der Waals surface area contributed by atoms with Crippen LogP contribution in [-0.4, -0.2) is 18.4 Å². The van der Waals surface area contributed by atoms with Gasteiger partial charge in [-0.2, -0.15) is 0 Å². The van der Waals surface area contributed by atoms with Crippen LogP contribution in [0.1, 0.15) is 10.4 Å². The van der Waals surface area contributed by atoms with Gasteiger partial charge in [-0.15, -0.1) is 0 Å². The Kier molecular flexibility index (Phi) is 4.80. The van der Waals surface area contributed by atoms with Crippen molar-refractivity contribution < 1.29 is 18.4 Å². The van der Waals surface area contributed by atoms with E-state index in [2.05, 4.69) is 10.6 Å². The first-order chi connectivity index (χ1) is 10.5. The van der Waals surface area contributed by atoms with Gasteiger partial charge in [-0.05, 0) is 30.3 Å². The Bertz CT molecular complexity index is 720. The van der Waals surface area contributed by atoms with Gasteiger partial charge in [0.25, 0.3) is 5.91 Å². The van der Waals surface area contributed by atoms with E-state index < -0.39 is 23.4 Å². The standard InChI is InChI=1S/C15H13F2N3O2/c16-9-5-6-12(13(7-9)19-14(21)8-18)20-15(22)10-3-1-2-4-11(10)17/h1-7H,8,18H2,(H,19,21)(H,20,22). The summed E-state index contributed by atoms with van der Waals surface area (Å²) in [6.07, 6.45) is 0. The highest BCUT2D eigenvalue weighted by atomic mass is 19.1. The maximum Gasteiger partial charge on any atom is 0.258 e. The van der Waals surface area contributed by atoms with Crippen molar-refractivity contribution in [1.82, 2.24) is 0 Å².